The Hall–Kier alpha value is -3.35. The molecule has 3 rings (SSSR count). The lowest BCUT2D eigenvalue weighted by molar-refractivity contribution is -0.115. The molecule has 0 radical (unpaired) electrons. The second-order valence-electron chi connectivity index (χ2n) is 5.46. The van der Waals surface area contributed by atoms with Crippen molar-refractivity contribution in [3.8, 4) is 11.8 Å². The van der Waals surface area contributed by atoms with E-state index in [1.54, 1.807) is 18.2 Å². The molecule has 0 bridgehead atoms. The molecule has 0 aliphatic rings. The number of nitrogens with zero attached hydrogens (tertiary/aromatic N) is 2. The van der Waals surface area contributed by atoms with Gasteiger partial charge in [-0.15, -0.1) is 0 Å². The molecule has 1 aromatic heterocycles. The number of benzene rings is 2. The van der Waals surface area contributed by atoms with Crippen LogP contribution in [0.25, 0.3) is 5.69 Å². The standard InChI is InChI=1S/C18H17N3O4/c1-12-10-14(21-18(23)25-17(20-21)24-2)8-9-15(12)19-16(22)11-13-6-4-3-5-7-13/h3-10H,11H2,1-2H3,(H,19,22). The number of hydrogen-bond donors (Lipinski definition) is 1. The van der Waals surface area contributed by atoms with E-state index in [-0.39, 0.29) is 12.0 Å². The highest BCUT2D eigenvalue weighted by atomic mass is 16.6. The normalized spacial score (nSPS) is 10.5. The second kappa shape index (κ2) is 7.04. The molecule has 1 amide bonds. The number of rotatable bonds is 5. The zero-order valence-electron chi connectivity index (χ0n) is 13.9. The van der Waals surface area contributed by atoms with Gasteiger partial charge in [0.25, 0.3) is 0 Å². The Bertz CT molecular complexity index is 944. The number of aromatic nitrogens is 2. The van der Waals surface area contributed by atoms with Gasteiger partial charge in [0, 0.05) is 5.69 Å². The lowest BCUT2D eigenvalue weighted by Crippen LogP contribution is -2.16. The Morgan fingerprint density at radius 3 is 2.64 bits per heavy atom. The van der Waals surface area contributed by atoms with E-state index in [0.717, 1.165) is 15.8 Å². The number of aryl methyl sites for hydroxylation is 1. The van der Waals surface area contributed by atoms with E-state index in [4.69, 9.17) is 9.15 Å². The van der Waals surface area contributed by atoms with Gasteiger partial charge in [-0.2, -0.15) is 4.68 Å². The van der Waals surface area contributed by atoms with Crippen molar-refractivity contribution >= 4 is 11.6 Å². The first-order valence-corrected chi connectivity index (χ1v) is 7.66. The molecule has 0 aliphatic heterocycles. The van der Waals surface area contributed by atoms with Crippen LogP contribution in [0.5, 0.6) is 6.08 Å². The van der Waals surface area contributed by atoms with Crippen LogP contribution in [0, 0.1) is 6.92 Å². The SMILES string of the molecule is COc1nn(-c2ccc(NC(=O)Cc3ccccc3)c(C)c2)c(=O)o1. The van der Waals surface area contributed by atoms with Crippen LogP contribution in [0.15, 0.2) is 57.7 Å². The molecular formula is C18H17N3O4. The van der Waals surface area contributed by atoms with Crippen molar-refractivity contribution in [2.75, 3.05) is 12.4 Å². The number of ether oxygens (including phenoxy) is 1. The van der Waals surface area contributed by atoms with Crippen molar-refractivity contribution in [3.63, 3.8) is 0 Å². The smallest absolute Gasteiger partial charge is 0.444 e. The van der Waals surface area contributed by atoms with Crippen molar-refractivity contribution in [2.24, 2.45) is 0 Å². The molecule has 0 saturated carbocycles. The first-order valence-electron chi connectivity index (χ1n) is 7.66. The second-order valence-corrected chi connectivity index (χ2v) is 5.46. The van der Waals surface area contributed by atoms with Crippen LogP contribution < -0.4 is 15.8 Å². The number of methoxy groups -OCH3 is 1. The van der Waals surface area contributed by atoms with E-state index in [1.165, 1.54) is 7.11 Å². The molecule has 7 nitrogen and oxygen atoms in total. The monoisotopic (exact) mass is 339 g/mol. The third-order valence-corrected chi connectivity index (χ3v) is 3.64. The van der Waals surface area contributed by atoms with Gasteiger partial charge in [-0.1, -0.05) is 35.4 Å². The Balaban J connectivity index is 1.76. The highest BCUT2D eigenvalue weighted by Gasteiger charge is 2.12. The van der Waals surface area contributed by atoms with Gasteiger partial charge in [-0.05, 0) is 36.2 Å². The lowest BCUT2D eigenvalue weighted by Gasteiger charge is -2.10. The molecular weight excluding hydrogens is 322 g/mol. The molecule has 25 heavy (non-hydrogen) atoms. The number of carbonyl (C=O) groups excluding carboxylic acids is 1. The van der Waals surface area contributed by atoms with E-state index in [2.05, 4.69) is 10.4 Å². The van der Waals surface area contributed by atoms with Crippen molar-refractivity contribution in [2.45, 2.75) is 13.3 Å². The van der Waals surface area contributed by atoms with E-state index in [1.807, 2.05) is 37.3 Å². The number of carbonyl (C=O) groups is 1. The number of anilines is 1. The molecule has 0 fully saturated rings. The summed E-state index contributed by atoms with van der Waals surface area (Å²) in [5.74, 6) is -0.751. The van der Waals surface area contributed by atoms with Crippen molar-refractivity contribution in [1.29, 1.82) is 0 Å². The molecule has 0 aliphatic carbocycles. The van der Waals surface area contributed by atoms with Crippen molar-refractivity contribution in [1.82, 2.24) is 9.78 Å². The Labute approximate surface area is 143 Å². The molecule has 0 unspecified atom stereocenters. The van der Waals surface area contributed by atoms with Crippen LogP contribution >= 0.6 is 0 Å². The van der Waals surface area contributed by atoms with Gasteiger partial charge < -0.3 is 14.5 Å². The van der Waals surface area contributed by atoms with E-state index in [9.17, 15) is 9.59 Å². The van der Waals surface area contributed by atoms with Gasteiger partial charge in [-0.25, -0.2) is 4.79 Å². The fourth-order valence-corrected chi connectivity index (χ4v) is 2.40. The molecule has 0 saturated heterocycles. The van der Waals surface area contributed by atoms with Gasteiger partial charge in [-0.3, -0.25) is 4.79 Å². The first-order chi connectivity index (χ1) is 12.1. The third-order valence-electron chi connectivity index (χ3n) is 3.64. The molecule has 2 aromatic carbocycles. The minimum atomic E-state index is -0.642. The van der Waals surface area contributed by atoms with E-state index < -0.39 is 5.76 Å². The molecule has 7 heteroatoms. The number of nitrogens with one attached hydrogen (secondary N) is 1. The zero-order chi connectivity index (χ0) is 17.8. The summed E-state index contributed by atoms with van der Waals surface area (Å²) in [5.41, 5.74) is 2.94. The van der Waals surface area contributed by atoms with Crippen LogP contribution in [0.2, 0.25) is 0 Å². The van der Waals surface area contributed by atoms with Gasteiger partial charge in [0.1, 0.15) is 0 Å². The fourth-order valence-electron chi connectivity index (χ4n) is 2.40. The summed E-state index contributed by atoms with van der Waals surface area (Å²) in [4.78, 5) is 23.9. The molecule has 3 aromatic rings. The number of hydrogen-bond acceptors (Lipinski definition) is 5. The maximum atomic E-state index is 12.2. The predicted octanol–water partition coefficient (Wildman–Crippen LogP) is 2.32. The lowest BCUT2D eigenvalue weighted by atomic mass is 10.1. The molecule has 1 N–H and O–H groups in total. The van der Waals surface area contributed by atoms with Crippen molar-refractivity contribution < 1.29 is 13.9 Å². The van der Waals surface area contributed by atoms with Crippen LogP contribution in [0.4, 0.5) is 5.69 Å². The topological polar surface area (TPSA) is 86.4 Å². The van der Waals surface area contributed by atoms with E-state index >= 15 is 0 Å². The van der Waals surface area contributed by atoms with E-state index in [0.29, 0.717) is 17.8 Å². The largest absolute Gasteiger partial charge is 0.452 e. The molecule has 0 atom stereocenters. The summed E-state index contributed by atoms with van der Waals surface area (Å²) in [6.07, 6.45) is 0.185. The van der Waals surface area contributed by atoms with Gasteiger partial charge >= 0.3 is 11.8 Å². The van der Waals surface area contributed by atoms with Gasteiger partial charge in [0.15, 0.2) is 0 Å². The summed E-state index contributed by atoms with van der Waals surface area (Å²) in [5, 5.41) is 6.79. The number of amides is 1. The molecule has 1 heterocycles. The summed E-state index contributed by atoms with van der Waals surface area (Å²) < 4.78 is 10.7. The summed E-state index contributed by atoms with van der Waals surface area (Å²) in [6, 6.07) is 14.6. The highest BCUT2D eigenvalue weighted by Crippen LogP contribution is 2.19. The Morgan fingerprint density at radius 2 is 2.00 bits per heavy atom. The minimum Gasteiger partial charge on any atom is -0.452 e. The van der Waals surface area contributed by atoms with Gasteiger partial charge in [0.05, 0.1) is 19.2 Å². The predicted molar refractivity (Wildman–Crippen MR) is 92.2 cm³/mol. The molecule has 128 valence electrons. The zero-order valence-corrected chi connectivity index (χ0v) is 13.9. The van der Waals surface area contributed by atoms with Crippen molar-refractivity contribution in [3.05, 3.63) is 70.2 Å². The van der Waals surface area contributed by atoms with Crippen LogP contribution in [-0.2, 0) is 11.2 Å². The fraction of sp³-hybridized carbons (Fsp3) is 0.167. The third kappa shape index (κ3) is 3.77. The maximum absolute atomic E-state index is 12.2. The van der Waals surface area contributed by atoms with Crippen LogP contribution in [0.3, 0.4) is 0 Å². The van der Waals surface area contributed by atoms with Crippen LogP contribution in [-0.4, -0.2) is 22.8 Å². The average Bonchev–Trinajstić information content (AvgIpc) is 2.98. The average molecular weight is 339 g/mol. The van der Waals surface area contributed by atoms with Crippen LogP contribution in [0.1, 0.15) is 11.1 Å². The summed E-state index contributed by atoms with van der Waals surface area (Å²) >= 11 is 0. The molecule has 0 spiro atoms. The Kier molecular flexibility index (Phi) is 4.65. The summed E-state index contributed by atoms with van der Waals surface area (Å²) in [7, 11) is 1.37. The van der Waals surface area contributed by atoms with Gasteiger partial charge in [0.2, 0.25) is 5.91 Å². The quantitative estimate of drug-likeness (QED) is 0.771. The Morgan fingerprint density at radius 1 is 1.24 bits per heavy atom. The maximum Gasteiger partial charge on any atom is 0.444 e. The minimum absolute atomic E-state index is 0.108. The highest BCUT2D eigenvalue weighted by molar-refractivity contribution is 5.93. The summed E-state index contributed by atoms with van der Waals surface area (Å²) in [6.45, 7) is 1.84. The first kappa shape index (κ1) is 16.5.